The molecule has 3 rings (SSSR count). The molecule has 0 amide bonds. The van der Waals surface area contributed by atoms with Crippen LogP contribution >= 0.6 is 0 Å². The molecule has 1 atom stereocenters. The molecule has 0 unspecified atom stereocenters. The summed E-state index contributed by atoms with van der Waals surface area (Å²) in [5.41, 5.74) is 3.42. The first kappa shape index (κ1) is 11.7. The highest BCUT2D eigenvalue weighted by atomic mass is 16.6. The predicted octanol–water partition coefficient (Wildman–Crippen LogP) is 2.81. The van der Waals surface area contributed by atoms with E-state index in [9.17, 15) is 10.1 Å². The summed E-state index contributed by atoms with van der Waals surface area (Å²) in [5, 5.41) is 17.4. The number of hydrogen-bond acceptors (Lipinski definition) is 4. The lowest BCUT2D eigenvalue weighted by atomic mass is 10.1. The summed E-state index contributed by atoms with van der Waals surface area (Å²) in [6, 6.07) is 14.7. The molecular weight excluding hydrogens is 242 g/mol. The van der Waals surface area contributed by atoms with Gasteiger partial charge < -0.3 is 5.32 Å². The predicted molar refractivity (Wildman–Crippen MR) is 72.7 cm³/mol. The molecule has 0 aromatic heterocycles. The normalized spacial score (nSPS) is 17.4. The molecule has 0 spiro atoms. The van der Waals surface area contributed by atoms with Gasteiger partial charge in [-0.3, -0.25) is 15.4 Å². The molecular formula is C14H13N3O2. The Kier molecular flexibility index (Phi) is 2.89. The third-order valence-electron chi connectivity index (χ3n) is 3.25. The quantitative estimate of drug-likeness (QED) is 0.639. The fraction of sp³-hybridized carbons (Fsp3) is 0.143. The summed E-state index contributed by atoms with van der Waals surface area (Å²) in [6.07, 6.45) is -0.0179. The molecule has 1 aliphatic rings. The Morgan fingerprint density at radius 2 is 1.84 bits per heavy atom. The van der Waals surface area contributed by atoms with Gasteiger partial charge >= 0.3 is 0 Å². The molecule has 0 fully saturated rings. The van der Waals surface area contributed by atoms with Crippen LogP contribution in [-0.4, -0.2) is 4.92 Å². The van der Waals surface area contributed by atoms with Crippen LogP contribution in [0.1, 0.15) is 17.3 Å². The average Bonchev–Trinajstić information content (AvgIpc) is 2.47. The highest BCUT2D eigenvalue weighted by Crippen LogP contribution is 2.26. The van der Waals surface area contributed by atoms with Gasteiger partial charge in [0.15, 0.2) is 0 Å². The van der Waals surface area contributed by atoms with Gasteiger partial charge in [0.05, 0.1) is 4.92 Å². The molecule has 0 bridgehead atoms. The van der Waals surface area contributed by atoms with Gasteiger partial charge in [-0.15, -0.1) is 0 Å². The molecule has 5 nitrogen and oxygen atoms in total. The zero-order chi connectivity index (χ0) is 13.2. The number of anilines is 1. The minimum atomic E-state index is -0.388. The molecule has 0 aliphatic carbocycles. The minimum Gasteiger partial charge on any atom is -0.366 e. The molecule has 2 N–H and O–H groups in total. The van der Waals surface area contributed by atoms with Crippen molar-refractivity contribution in [2.45, 2.75) is 12.7 Å². The van der Waals surface area contributed by atoms with Crippen LogP contribution in [0, 0.1) is 10.1 Å². The second kappa shape index (κ2) is 4.70. The number of para-hydroxylation sites is 1. The molecule has 5 heteroatoms. The number of nitrogens with zero attached hydrogens (tertiary/aromatic N) is 1. The summed E-state index contributed by atoms with van der Waals surface area (Å²) in [7, 11) is 0. The molecule has 96 valence electrons. The maximum atomic E-state index is 10.6. The van der Waals surface area contributed by atoms with Crippen LogP contribution in [0.3, 0.4) is 0 Å². The van der Waals surface area contributed by atoms with Gasteiger partial charge in [0, 0.05) is 24.4 Å². The summed E-state index contributed by atoms with van der Waals surface area (Å²) < 4.78 is 0. The Morgan fingerprint density at radius 1 is 1.11 bits per heavy atom. The third kappa shape index (κ3) is 2.28. The first-order valence-corrected chi connectivity index (χ1v) is 6.06. The van der Waals surface area contributed by atoms with Gasteiger partial charge in [0.1, 0.15) is 6.17 Å². The van der Waals surface area contributed by atoms with Crippen molar-refractivity contribution in [3.63, 3.8) is 0 Å². The number of non-ortho nitro benzene ring substituents is 1. The van der Waals surface area contributed by atoms with E-state index in [1.54, 1.807) is 12.1 Å². The molecule has 19 heavy (non-hydrogen) atoms. The number of fused-ring (bicyclic) bond motifs is 1. The second-order valence-electron chi connectivity index (χ2n) is 4.46. The van der Waals surface area contributed by atoms with E-state index in [-0.39, 0.29) is 16.8 Å². The molecule has 2 aromatic rings. The lowest BCUT2D eigenvalue weighted by Gasteiger charge is -2.28. The zero-order valence-electron chi connectivity index (χ0n) is 10.2. The van der Waals surface area contributed by atoms with Gasteiger partial charge in [-0.2, -0.15) is 0 Å². The average molecular weight is 255 g/mol. The van der Waals surface area contributed by atoms with E-state index in [0.29, 0.717) is 0 Å². The van der Waals surface area contributed by atoms with Crippen molar-refractivity contribution in [3.05, 3.63) is 69.8 Å². The van der Waals surface area contributed by atoms with Crippen molar-refractivity contribution in [2.75, 3.05) is 5.32 Å². The van der Waals surface area contributed by atoms with E-state index in [1.807, 2.05) is 18.2 Å². The van der Waals surface area contributed by atoms with Crippen LogP contribution in [0.4, 0.5) is 11.4 Å². The lowest BCUT2D eigenvalue weighted by Crippen LogP contribution is -2.32. The van der Waals surface area contributed by atoms with Crippen LogP contribution in [0.5, 0.6) is 0 Å². The number of rotatable bonds is 2. The van der Waals surface area contributed by atoms with Crippen molar-refractivity contribution in [1.29, 1.82) is 0 Å². The standard InChI is InChI=1S/C14H13N3O2/c18-17(19)12-7-5-10(6-8-12)14-15-9-11-3-1-2-4-13(11)16-14/h1-8,14-16H,9H2/t14-/m1/s1. The second-order valence-corrected chi connectivity index (χ2v) is 4.46. The molecule has 1 aliphatic heterocycles. The van der Waals surface area contributed by atoms with Crippen molar-refractivity contribution >= 4 is 11.4 Å². The van der Waals surface area contributed by atoms with E-state index in [2.05, 4.69) is 16.7 Å². The van der Waals surface area contributed by atoms with Crippen molar-refractivity contribution < 1.29 is 4.92 Å². The van der Waals surface area contributed by atoms with Crippen LogP contribution < -0.4 is 10.6 Å². The van der Waals surface area contributed by atoms with Gasteiger partial charge in [0.25, 0.3) is 5.69 Å². The van der Waals surface area contributed by atoms with E-state index >= 15 is 0 Å². The van der Waals surface area contributed by atoms with Crippen molar-refractivity contribution in [1.82, 2.24) is 5.32 Å². The van der Waals surface area contributed by atoms with Gasteiger partial charge in [-0.05, 0) is 29.3 Å². The molecule has 2 aromatic carbocycles. The third-order valence-corrected chi connectivity index (χ3v) is 3.25. The highest BCUT2D eigenvalue weighted by molar-refractivity contribution is 5.54. The largest absolute Gasteiger partial charge is 0.366 e. The topological polar surface area (TPSA) is 67.2 Å². The van der Waals surface area contributed by atoms with Crippen molar-refractivity contribution in [3.8, 4) is 0 Å². The fourth-order valence-corrected chi connectivity index (χ4v) is 2.22. The molecule has 0 saturated heterocycles. The van der Waals surface area contributed by atoms with Gasteiger partial charge in [-0.25, -0.2) is 0 Å². The summed E-state index contributed by atoms with van der Waals surface area (Å²) in [6.45, 7) is 0.783. The van der Waals surface area contributed by atoms with Crippen molar-refractivity contribution in [2.24, 2.45) is 0 Å². The Balaban J connectivity index is 1.83. The molecule has 0 radical (unpaired) electrons. The molecule has 0 saturated carbocycles. The number of benzene rings is 2. The number of hydrogen-bond donors (Lipinski definition) is 2. The van der Waals surface area contributed by atoms with Crippen LogP contribution in [0.2, 0.25) is 0 Å². The van der Waals surface area contributed by atoms with Crippen LogP contribution in [0.15, 0.2) is 48.5 Å². The summed E-state index contributed by atoms with van der Waals surface area (Å²) >= 11 is 0. The Labute approximate surface area is 110 Å². The van der Waals surface area contributed by atoms with Crippen LogP contribution in [-0.2, 0) is 6.54 Å². The maximum Gasteiger partial charge on any atom is 0.269 e. The summed E-state index contributed by atoms with van der Waals surface area (Å²) in [5.74, 6) is 0. The SMILES string of the molecule is O=[N+]([O-])c1ccc([C@@H]2NCc3ccccc3N2)cc1. The Morgan fingerprint density at radius 3 is 2.58 bits per heavy atom. The highest BCUT2D eigenvalue weighted by Gasteiger charge is 2.18. The number of nitro groups is 1. The summed E-state index contributed by atoms with van der Waals surface area (Å²) in [4.78, 5) is 10.2. The first-order chi connectivity index (χ1) is 9.24. The van der Waals surface area contributed by atoms with E-state index in [1.165, 1.54) is 17.7 Å². The monoisotopic (exact) mass is 255 g/mol. The molecule has 1 heterocycles. The van der Waals surface area contributed by atoms with E-state index in [0.717, 1.165) is 17.8 Å². The Hall–Kier alpha value is -2.40. The Bertz CT molecular complexity index is 610. The first-order valence-electron chi connectivity index (χ1n) is 6.06. The number of nitrogens with one attached hydrogen (secondary N) is 2. The fourth-order valence-electron chi connectivity index (χ4n) is 2.22. The van der Waals surface area contributed by atoms with Crippen LogP contribution in [0.25, 0.3) is 0 Å². The van der Waals surface area contributed by atoms with Gasteiger partial charge in [0.2, 0.25) is 0 Å². The smallest absolute Gasteiger partial charge is 0.269 e. The minimum absolute atomic E-state index is 0.0179. The lowest BCUT2D eigenvalue weighted by molar-refractivity contribution is -0.384. The number of nitro benzene ring substituents is 1. The zero-order valence-corrected chi connectivity index (χ0v) is 10.2. The van der Waals surface area contributed by atoms with E-state index in [4.69, 9.17) is 0 Å². The van der Waals surface area contributed by atoms with Gasteiger partial charge in [-0.1, -0.05) is 18.2 Å². The van der Waals surface area contributed by atoms with E-state index < -0.39 is 0 Å². The maximum absolute atomic E-state index is 10.6.